The molecule has 1 heterocycles. The molecule has 1 amide bonds. The zero-order chi connectivity index (χ0) is 13.1. The number of nitrogens with one attached hydrogen (secondary N) is 2. The second kappa shape index (κ2) is 5.67. The van der Waals surface area contributed by atoms with E-state index >= 15 is 0 Å². The van der Waals surface area contributed by atoms with Gasteiger partial charge in [-0.15, -0.1) is 0 Å². The van der Waals surface area contributed by atoms with E-state index in [-0.39, 0.29) is 11.9 Å². The van der Waals surface area contributed by atoms with Crippen molar-refractivity contribution in [2.24, 2.45) is 0 Å². The summed E-state index contributed by atoms with van der Waals surface area (Å²) in [4.78, 5) is 12.0. The minimum atomic E-state index is -0.222. The van der Waals surface area contributed by atoms with Crippen LogP contribution in [0.5, 0.6) is 0 Å². The third kappa shape index (κ3) is 2.81. The number of halogens is 2. The molecule has 1 aromatic carbocycles. The van der Waals surface area contributed by atoms with Crippen LogP contribution >= 0.6 is 31.9 Å². The fourth-order valence-electron chi connectivity index (χ4n) is 1.55. The second-order valence-corrected chi connectivity index (χ2v) is 5.39. The Kier molecular flexibility index (Phi) is 4.19. The molecule has 6 heteroatoms. The number of H-pyrrole nitrogens is 1. The fourth-order valence-corrected chi connectivity index (χ4v) is 2.18. The average molecular weight is 373 g/mol. The van der Waals surface area contributed by atoms with E-state index < -0.39 is 0 Å². The number of aromatic amines is 1. The molecule has 94 valence electrons. The molecule has 0 spiro atoms. The molecule has 0 saturated heterocycles. The lowest BCUT2D eigenvalue weighted by Gasteiger charge is -2.13. The number of carbonyl (C=O) groups excluding carboxylic acids is 1. The molecule has 0 saturated carbocycles. The van der Waals surface area contributed by atoms with Crippen molar-refractivity contribution in [3.05, 3.63) is 50.7 Å². The first kappa shape index (κ1) is 13.3. The minimum absolute atomic E-state index is 0.0684. The molecule has 1 atom stereocenters. The molecular weight excluding hydrogens is 362 g/mol. The zero-order valence-electron chi connectivity index (χ0n) is 9.58. The molecule has 0 aliphatic carbocycles. The maximum atomic E-state index is 12.0. The summed E-state index contributed by atoms with van der Waals surface area (Å²) in [6, 6.07) is 9.71. The predicted molar refractivity (Wildman–Crippen MR) is 76.3 cm³/mol. The third-order valence-electron chi connectivity index (χ3n) is 2.53. The van der Waals surface area contributed by atoms with Gasteiger partial charge >= 0.3 is 0 Å². The molecule has 0 aliphatic heterocycles. The first-order valence-electron chi connectivity index (χ1n) is 5.34. The summed E-state index contributed by atoms with van der Waals surface area (Å²) in [5.74, 6) is -0.222. The fraction of sp³-hybridized carbons (Fsp3) is 0.167. The van der Waals surface area contributed by atoms with Crippen molar-refractivity contribution in [3.63, 3.8) is 0 Å². The van der Waals surface area contributed by atoms with Gasteiger partial charge in [-0.05, 0) is 44.3 Å². The first-order valence-corrected chi connectivity index (χ1v) is 6.93. The number of carbonyl (C=O) groups is 1. The van der Waals surface area contributed by atoms with E-state index in [4.69, 9.17) is 0 Å². The minimum Gasteiger partial charge on any atom is -0.344 e. The molecule has 0 radical (unpaired) electrons. The van der Waals surface area contributed by atoms with Crippen LogP contribution in [0.2, 0.25) is 0 Å². The van der Waals surface area contributed by atoms with Crippen LogP contribution in [-0.4, -0.2) is 16.1 Å². The topological polar surface area (TPSA) is 57.8 Å². The lowest BCUT2D eigenvalue weighted by molar-refractivity contribution is 0.0934. The van der Waals surface area contributed by atoms with Crippen molar-refractivity contribution in [1.29, 1.82) is 0 Å². The smallest absolute Gasteiger partial charge is 0.273 e. The van der Waals surface area contributed by atoms with Gasteiger partial charge in [0.1, 0.15) is 4.60 Å². The van der Waals surface area contributed by atoms with Gasteiger partial charge in [0.05, 0.1) is 10.5 Å². The van der Waals surface area contributed by atoms with Crippen molar-refractivity contribution in [1.82, 2.24) is 15.5 Å². The second-order valence-electron chi connectivity index (χ2n) is 3.81. The summed E-state index contributed by atoms with van der Waals surface area (Å²) >= 11 is 6.55. The van der Waals surface area contributed by atoms with E-state index in [0.717, 1.165) is 5.56 Å². The van der Waals surface area contributed by atoms with E-state index in [1.165, 1.54) is 0 Å². The summed E-state index contributed by atoms with van der Waals surface area (Å²) in [7, 11) is 0. The van der Waals surface area contributed by atoms with Crippen LogP contribution in [-0.2, 0) is 0 Å². The Morgan fingerprint density at radius 2 is 2.00 bits per heavy atom. The Hall–Kier alpha value is -1.14. The molecule has 2 N–H and O–H groups in total. The standard InChI is InChI=1S/C12H11Br2N3O/c1-7(8-5-3-2-4-6-8)15-12(18)10-9(13)11(14)17-16-10/h2-7H,1H3,(H,15,18)(H,16,17). The normalized spacial score (nSPS) is 12.2. The van der Waals surface area contributed by atoms with Crippen molar-refractivity contribution in [2.75, 3.05) is 0 Å². The molecule has 18 heavy (non-hydrogen) atoms. The highest BCUT2D eigenvalue weighted by Crippen LogP contribution is 2.24. The number of hydrogen-bond acceptors (Lipinski definition) is 2. The first-order chi connectivity index (χ1) is 8.59. The Labute approximate surface area is 121 Å². The molecule has 0 fully saturated rings. The number of benzene rings is 1. The molecule has 0 bridgehead atoms. The Morgan fingerprint density at radius 3 is 2.56 bits per heavy atom. The lowest BCUT2D eigenvalue weighted by Crippen LogP contribution is -2.27. The van der Waals surface area contributed by atoms with Crippen LogP contribution in [0, 0.1) is 0 Å². The highest BCUT2D eigenvalue weighted by Gasteiger charge is 2.18. The van der Waals surface area contributed by atoms with Crippen LogP contribution in [0.25, 0.3) is 0 Å². The van der Waals surface area contributed by atoms with Gasteiger partial charge in [-0.3, -0.25) is 9.89 Å². The van der Waals surface area contributed by atoms with Crippen LogP contribution in [0.3, 0.4) is 0 Å². The summed E-state index contributed by atoms with van der Waals surface area (Å²) in [6.07, 6.45) is 0. The van der Waals surface area contributed by atoms with Gasteiger partial charge in [0.2, 0.25) is 0 Å². The van der Waals surface area contributed by atoms with Crippen molar-refractivity contribution < 1.29 is 4.79 Å². The van der Waals surface area contributed by atoms with Gasteiger partial charge in [0.25, 0.3) is 5.91 Å². The van der Waals surface area contributed by atoms with Crippen LogP contribution in [0.4, 0.5) is 0 Å². The van der Waals surface area contributed by atoms with Crippen molar-refractivity contribution >= 4 is 37.8 Å². The largest absolute Gasteiger partial charge is 0.344 e. The number of nitrogens with zero attached hydrogens (tertiary/aromatic N) is 1. The van der Waals surface area contributed by atoms with E-state index in [1.54, 1.807) is 0 Å². The summed E-state index contributed by atoms with van der Waals surface area (Å²) < 4.78 is 1.28. The molecule has 4 nitrogen and oxygen atoms in total. The summed E-state index contributed by atoms with van der Waals surface area (Å²) in [6.45, 7) is 1.93. The van der Waals surface area contributed by atoms with E-state index in [9.17, 15) is 4.79 Å². The van der Waals surface area contributed by atoms with E-state index in [1.807, 2.05) is 37.3 Å². The van der Waals surface area contributed by atoms with Gasteiger partial charge < -0.3 is 5.32 Å². The van der Waals surface area contributed by atoms with Crippen molar-refractivity contribution in [3.8, 4) is 0 Å². The lowest BCUT2D eigenvalue weighted by atomic mass is 10.1. The average Bonchev–Trinajstić information content (AvgIpc) is 2.71. The van der Waals surface area contributed by atoms with E-state index in [2.05, 4.69) is 47.4 Å². The van der Waals surface area contributed by atoms with E-state index in [0.29, 0.717) is 14.8 Å². The van der Waals surface area contributed by atoms with Crippen LogP contribution in [0.1, 0.15) is 29.0 Å². The quantitative estimate of drug-likeness (QED) is 0.867. The monoisotopic (exact) mass is 371 g/mol. The predicted octanol–water partition coefficient (Wildman–Crippen LogP) is 3.43. The van der Waals surface area contributed by atoms with Gasteiger partial charge in [-0.2, -0.15) is 5.10 Å². The summed E-state index contributed by atoms with van der Waals surface area (Å²) in [5, 5.41) is 9.52. The summed E-state index contributed by atoms with van der Waals surface area (Å²) in [5.41, 5.74) is 1.39. The maximum Gasteiger partial charge on any atom is 0.273 e. The highest BCUT2D eigenvalue weighted by molar-refractivity contribution is 9.13. The molecule has 1 aromatic heterocycles. The zero-order valence-corrected chi connectivity index (χ0v) is 12.7. The molecule has 2 rings (SSSR count). The van der Waals surface area contributed by atoms with Gasteiger partial charge in [0, 0.05) is 0 Å². The maximum absolute atomic E-state index is 12.0. The molecular formula is C12H11Br2N3O. The highest BCUT2D eigenvalue weighted by atomic mass is 79.9. The Balaban J connectivity index is 2.11. The Morgan fingerprint density at radius 1 is 1.33 bits per heavy atom. The molecule has 0 aliphatic rings. The van der Waals surface area contributed by atoms with Gasteiger partial charge in [-0.1, -0.05) is 30.3 Å². The van der Waals surface area contributed by atoms with Crippen molar-refractivity contribution in [2.45, 2.75) is 13.0 Å². The third-order valence-corrected chi connectivity index (χ3v) is 4.41. The molecule has 1 unspecified atom stereocenters. The molecule has 2 aromatic rings. The number of amides is 1. The van der Waals surface area contributed by atoms with Crippen LogP contribution in [0.15, 0.2) is 39.4 Å². The van der Waals surface area contributed by atoms with Crippen LogP contribution < -0.4 is 5.32 Å². The Bertz CT molecular complexity index is 554. The number of hydrogen-bond donors (Lipinski definition) is 2. The SMILES string of the molecule is CC(NC(=O)c1n[nH]c(Br)c1Br)c1ccccc1. The van der Waals surface area contributed by atoms with Gasteiger partial charge in [-0.25, -0.2) is 0 Å². The number of aromatic nitrogens is 2. The number of rotatable bonds is 3. The van der Waals surface area contributed by atoms with Gasteiger partial charge in [0.15, 0.2) is 5.69 Å².